The molecule has 1 unspecified atom stereocenters. The number of benzene rings is 2. The van der Waals surface area contributed by atoms with Gasteiger partial charge in [-0.2, -0.15) is 0 Å². The average Bonchev–Trinajstić information content (AvgIpc) is 3.63. The first-order chi connectivity index (χ1) is 17.0. The summed E-state index contributed by atoms with van der Waals surface area (Å²) in [6.45, 7) is 2.16. The Balaban J connectivity index is 1.35. The molecule has 2 aliphatic heterocycles. The quantitative estimate of drug-likeness (QED) is 0.602. The highest BCUT2D eigenvalue weighted by Crippen LogP contribution is 2.44. The van der Waals surface area contributed by atoms with Gasteiger partial charge in [0.2, 0.25) is 5.91 Å². The highest BCUT2D eigenvalue weighted by atomic mass is 19.1. The van der Waals surface area contributed by atoms with E-state index in [0.717, 1.165) is 30.5 Å². The van der Waals surface area contributed by atoms with Gasteiger partial charge in [-0.1, -0.05) is 30.3 Å². The molecule has 1 saturated carbocycles. The van der Waals surface area contributed by atoms with E-state index in [4.69, 9.17) is 9.47 Å². The molecule has 2 amide bonds. The van der Waals surface area contributed by atoms with Crippen molar-refractivity contribution in [1.82, 2.24) is 9.80 Å². The Morgan fingerprint density at radius 2 is 1.80 bits per heavy atom. The zero-order chi connectivity index (χ0) is 24.4. The summed E-state index contributed by atoms with van der Waals surface area (Å²) in [7, 11) is 0. The Morgan fingerprint density at radius 1 is 1.06 bits per heavy atom. The fourth-order valence-electron chi connectivity index (χ4n) is 5.16. The molecule has 1 aliphatic carbocycles. The predicted molar refractivity (Wildman–Crippen MR) is 124 cm³/mol. The first-order valence-corrected chi connectivity index (χ1v) is 12.3. The van der Waals surface area contributed by atoms with Crippen molar-refractivity contribution in [2.75, 3.05) is 39.5 Å². The summed E-state index contributed by atoms with van der Waals surface area (Å²) >= 11 is 0. The number of nitrogens with zero attached hydrogens (tertiary/aromatic N) is 2. The summed E-state index contributed by atoms with van der Waals surface area (Å²) in [5.74, 6) is -1.56. The molecule has 0 spiro atoms. The first kappa shape index (κ1) is 23.9. The minimum absolute atomic E-state index is 0.0707. The van der Waals surface area contributed by atoms with Crippen LogP contribution in [-0.4, -0.2) is 67.2 Å². The number of amides is 2. The Labute approximate surface area is 203 Å². The van der Waals surface area contributed by atoms with Crippen LogP contribution in [0.15, 0.2) is 48.5 Å². The van der Waals surface area contributed by atoms with E-state index in [1.807, 2.05) is 30.3 Å². The number of carbonyl (C=O) groups is 2. The van der Waals surface area contributed by atoms with E-state index in [0.29, 0.717) is 32.7 Å². The molecule has 0 N–H and O–H groups in total. The molecule has 0 aromatic heterocycles. The van der Waals surface area contributed by atoms with Crippen LogP contribution in [0.1, 0.15) is 42.3 Å². The lowest BCUT2D eigenvalue weighted by molar-refractivity contribution is -0.153. The van der Waals surface area contributed by atoms with Gasteiger partial charge in [0, 0.05) is 25.6 Å². The first-order valence-electron chi connectivity index (χ1n) is 12.3. The lowest BCUT2D eigenvalue weighted by Crippen LogP contribution is -2.45. The molecule has 2 aromatic rings. The van der Waals surface area contributed by atoms with E-state index in [-0.39, 0.29) is 48.4 Å². The number of hydrogen-bond acceptors (Lipinski definition) is 4. The van der Waals surface area contributed by atoms with Gasteiger partial charge in [-0.3, -0.25) is 9.59 Å². The van der Waals surface area contributed by atoms with E-state index in [2.05, 4.69) is 0 Å². The van der Waals surface area contributed by atoms with Crippen LogP contribution in [-0.2, 0) is 19.1 Å². The topological polar surface area (TPSA) is 59.1 Å². The molecular formula is C27H30F2N2O4. The number of halogens is 2. The lowest BCUT2D eigenvalue weighted by atomic mass is 9.93. The minimum Gasteiger partial charge on any atom is -0.378 e. The zero-order valence-corrected chi connectivity index (χ0v) is 19.6. The maximum atomic E-state index is 14.6. The molecule has 2 aromatic carbocycles. The monoisotopic (exact) mass is 484 g/mol. The summed E-state index contributed by atoms with van der Waals surface area (Å²) < 4.78 is 39.8. The number of hydrogen-bond donors (Lipinski definition) is 0. The summed E-state index contributed by atoms with van der Waals surface area (Å²) in [5.41, 5.74) is 1.23. The van der Waals surface area contributed by atoms with Gasteiger partial charge in [0.1, 0.15) is 24.3 Å². The molecule has 6 nitrogen and oxygen atoms in total. The maximum Gasteiger partial charge on any atom is 0.252 e. The summed E-state index contributed by atoms with van der Waals surface area (Å²) in [5, 5.41) is 0. The third-order valence-corrected chi connectivity index (χ3v) is 7.21. The predicted octanol–water partition coefficient (Wildman–Crippen LogP) is 3.68. The van der Waals surface area contributed by atoms with Crippen LogP contribution >= 0.6 is 0 Å². The third-order valence-electron chi connectivity index (χ3n) is 7.21. The van der Waals surface area contributed by atoms with Crippen LogP contribution in [0.5, 0.6) is 0 Å². The SMILES string of the molecule is O=C(CO[C@H](C(=O)N1CC(c2cc(F)ccc2F)C[C@H]1c1ccccc1)C1CC1)N1CCOCC1. The Kier molecular flexibility index (Phi) is 7.11. The highest BCUT2D eigenvalue weighted by molar-refractivity contribution is 5.83. The van der Waals surface area contributed by atoms with Crippen molar-refractivity contribution in [2.24, 2.45) is 5.92 Å². The molecule has 0 bridgehead atoms. The molecule has 35 heavy (non-hydrogen) atoms. The van der Waals surface area contributed by atoms with Crippen LogP contribution in [0.4, 0.5) is 8.78 Å². The minimum atomic E-state index is -0.720. The number of morpholine rings is 1. The second-order valence-corrected chi connectivity index (χ2v) is 9.58. The number of ether oxygens (including phenoxy) is 2. The number of carbonyl (C=O) groups excluding carboxylic acids is 2. The van der Waals surface area contributed by atoms with Gasteiger partial charge >= 0.3 is 0 Å². The van der Waals surface area contributed by atoms with Gasteiger partial charge in [-0.15, -0.1) is 0 Å². The molecule has 2 saturated heterocycles. The molecule has 8 heteroatoms. The fraction of sp³-hybridized carbons (Fsp3) is 0.481. The molecule has 186 valence electrons. The third kappa shape index (κ3) is 5.38. The summed E-state index contributed by atoms with van der Waals surface area (Å²) in [4.78, 5) is 29.9. The standard InChI is InChI=1S/C27H30F2N2O4/c28-21-8-9-23(29)22(15-21)20-14-24(18-4-2-1-3-5-18)31(16-20)27(33)26(19-6-7-19)35-17-25(32)30-10-12-34-13-11-30/h1-5,8-9,15,19-20,24,26H,6-7,10-14,16-17H2/t20?,24-,26-/m0/s1. The molecular weight excluding hydrogens is 454 g/mol. The molecule has 0 radical (unpaired) electrons. The molecule has 2 heterocycles. The van der Waals surface area contributed by atoms with Crippen LogP contribution in [0, 0.1) is 17.6 Å². The van der Waals surface area contributed by atoms with Crippen LogP contribution < -0.4 is 0 Å². The number of likely N-dealkylation sites (tertiary alicyclic amines) is 1. The highest BCUT2D eigenvalue weighted by Gasteiger charge is 2.45. The van der Waals surface area contributed by atoms with E-state index in [9.17, 15) is 18.4 Å². The maximum absolute atomic E-state index is 14.6. The molecule has 3 atom stereocenters. The molecule has 5 rings (SSSR count). The van der Waals surface area contributed by atoms with Crippen LogP contribution in [0.2, 0.25) is 0 Å². The van der Waals surface area contributed by atoms with E-state index in [1.54, 1.807) is 9.80 Å². The van der Waals surface area contributed by atoms with Crippen molar-refractivity contribution in [3.63, 3.8) is 0 Å². The van der Waals surface area contributed by atoms with Gasteiger partial charge in [-0.25, -0.2) is 8.78 Å². The van der Waals surface area contributed by atoms with Gasteiger partial charge in [0.25, 0.3) is 5.91 Å². The van der Waals surface area contributed by atoms with Crippen LogP contribution in [0.25, 0.3) is 0 Å². The van der Waals surface area contributed by atoms with Crippen molar-refractivity contribution in [3.8, 4) is 0 Å². The molecule has 3 fully saturated rings. The second-order valence-electron chi connectivity index (χ2n) is 9.58. The van der Waals surface area contributed by atoms with Crippen molar-refractivity contribution in [3.05, 3.63) is 71.3 Å². The largest absolute Gasteiger partial charge is 0.378 e. The average molecular weight is 485 g/mol. The summed E-state index contributed by atoms with van der Waals surface area (Å²) in [6.07, 6.45) is 1.50. The normalized spacial score (nSPS) is 23.4. The summed E-state index contributed by atoms with van der Waals surface area (Å²) in [6, 6.07) is 12.8. The number of rotatable bonds is 7. The van der Waals surface area contributed by atoms with Crippen LogP contribution in [0.3, 0.4) is 0 Å². The van der Waals surface area contributed by atoms with Gasteiger partial charge in [-0.05, 0) is 54.5 Å². The van der Waals surface area contributed by atoms with Gasteiger partial charge in [0.15, 0.2) is 0 Å². The molecule has 3 aliphatic rings. The Bertz CT molecular complexity index is 1060. The fourth-order valence-corrected chi connectivity index (χ4v) is 5.16. The van der Waals surface area contributed by atoms with Gasteiger partial charge in [0.05, 0.1) is 19.3 Å². The second kappa shape index (κ2) is 10.4. The van der Waals surface area contributed by atoms with Gasteiger partial charge < -0.3 is 19.3 Å². The zero-order valence-electron chi connectivity index (χ0n) is 19.6. The Morgan fingerprint density at radius 3 is 2.51 bits per heavy atom. The van der Waals surface area contributed by atoms with Crippen molar-refractivity contribution >= 4 is 11.8 Å². The Hall–Kier alpha value is -2.84. The van der Waals surface area contributed by atoms with Crippen molar-refractivity contribution < 1.29 is 27.8 Å². The van der Waals surface area contributed by atoms with E-state index in [1.165, 1.54) is 6.07 Å². The van der Waals surface area contributed by atoms with Crippen molar-refractivity contribution in [2.45, 2.75) is 37.3 Å². The van der Waals surface area contributed by atoms with Crippen molar-refractivity contribution in [1.29, 1.82) is 0 Å². The van der Waals surface area contributed by atoms with E-state index < -0.39 is 17.7 Å². The van der Waals surface area contributed by atoms with E-state index >= 15 is 0 Å². The lowest BCUT2D eigenvalue weighted by Gasteiger charge is -2.30. The smallest absolute Gasteiger partial charge is 0.252 e.